The Hall–Kier alpha value is -0.835. The van der Waals surface area contributed by atoms with Gasteiger partial charge in [-0.2, -0.15) is 0 Å². The Labute approximate surface area is 90.5 Å². The third-order valence-corrected chi connectivity index (χ3v) is 2.98. The van der Waals surface area contributed by atoms with Crippen molar-refractivity contribution in [2.24, 2.45) is 0 Å². The topological polar surface area (TPSA) is 43.7 Å². The van der Waals surface area contributed by atoms with E-state index in [1.165, 1.54) is 5.56 Å². The summed E-state index contributed by atoms with van der Waals surface area (Å²) in [5.41, 5.74) is 1.28. The van der Waals surface area contributed by atoms with Gasteiger partial charge in [0.1, 0.15) is 0 Å². The SMILES string of the molecule is OB(O)[C@@H]1CCN(Cc2ccccc2)C1. The minimum atomic E-state index is -1.16. The predicted molar refractivity (Wildman–Crippen MR) is 60.3 cm³/mol. The zero-order valence-electron chi connectivity index (χ0n) is 8.71. The van der Waals surface area contributed by atoms with Crippen molar-refractivity contribution < 1.29 is 10.0 Å². The number of rotatable bonds is 3. The maximum absolute atomic E-state index is 9.06. The molecule has 80 valence electrons. The molecular formula is C11H16BNO2. The largest absolute Gasteiger partial charge is 0.456 e. The third-order valence-electron chi connectivity index (χ3n) is 2.98. The molecule has 1 aromatic carbocycles. The van der Waals surface area contributed by atoms with Crippen molar-refractivity contribution >= 4 is 7.12 Å². The molecule has 1 fully saturated rings. The number of hydrogen-bond donors (Lipinski definition) is 2. The van der Waals surface area contributed by atoms with E-state index in [0.717, 1.165) is 26.1 Å². The van der Waals surface area contributed by atoms with E-state index < -0.39 is 7.12 Å². The molecule has 2 rings (SSSR count). The number of hydrogen-bond acceptors (Lipinski definition) is 3. The highest BCUT2D eigenvalue weighted by Gasteiger charge is 2.30. The Morgan fingerprint density at radius 1 is 1.27 bits per heavy atom. The zero-order chi connectivity index (χ0) is 10.7. The van der Waals surface area contributed by atoms with Crippen LogP contribution in [0.1, 0.15) is 12.0 Å². The minimum absolute atomic E-state index is 0.0220. The molecule has 3 nitrogen and oxygen atoms in total. The molecule has 1 aromatic rings. The molecule has 0 amide bonds. The molecule has 0 spiro atoms. The van der Waals surface area contributed by atoms with Crippen molar-refractivity contribution in [3.05, 3.63) is 35.9 Å². The van der Waals surface area contributed by atoms with Gasteiger partial charge in [-0.1, -0.05) is 30.3 Å². The Bertz CT molecular complexity index is 305. The first-order valence-corrected chi connectivity index (χ1v) is 5.38. The normalized spacial score (nSPS) is 21.9. The van der Waals surface area contributed by atoms with Gasteiger partial charge in [0.15, 0.2) is 0 Å². The molecule has 15 heavy (non-hydrogen) atoms. The van der Waals surface area contributed by atoms with E-state index in [9.17, 15) is 0 Å². The number of benzene rings is 1. The van der Waals surface area contributed by atoms with Gasteiger partial charge in [0, 0.05) is 12.4 Å². The van der Waals surface area contributed by atoms with Crippen LogP contribution in [0.5, 0.6) is 0 Å². The lowest BCUT2D eigenvalue weighted by molar-refractivity contribution is 0.321. The standard InChI is InChI=1S/C11H16BNO2/c14-12(15)11-6-7-13(9-11)8-10-4-2-1-3-5-10/h1-5,11,14-15H,6-9H2/t11-/m1/s1. The van der Waals surface area contributed by atoms with Gasteiger partial charge < -0.3 is 10.0 Å². The Morgan fingerprint density at radius 2 is 2.00 bits per heavy atom. The van der Waals surface area contributed by atoms with Crippen molar-refractivity contribution in [1.29, 1.82) is 0 Å². The number of nitrogens with zero attached hydrogens (tertiary/aromatic N) is 1. The summed E-state index contributed by atoms with van der Waals surface area (Å²) in [5.74, 6) is 0.0220. The predicted octanol–water partition coefficient (Wildman–Crippen LogP) is 0.735. The average molecular weight is 205 g/mol. The van der Waals surface area contributed by atoms with E-state index in [1.54, 1.807) is 0 Å². The van der Waals surface area contributed by atoms with E-state index in [4.69, 9.17) is 10.0 Å². The molecule has 0 unspecified atom stereocenters. The molecule has 1 aliphatic heterocycles. The van der Waals surface area contributed by atoms with Crippen molar-refractivity contribution in [2.75, 3.05) is 13.1 Å². The highest BCUT2D eigenvalue weighted by atomic mass is 16.4. The first-order valence-electron chi connectivity index (χ1n) is 5.38. The fraction of sp³-hybridized carbons (Fsp3) is 0.455. The summed E-state index contributed by atoms with van der Waals surface area (Å²) in [5, 5.41) is 18.1. The van der Waals surface area contributed by atoms with Gasteiger partial charge in [0.05, 0.1) is 0 Å². The van der Waals surface area contributed by atoms with Crippen LogP contribution in [0, 0.1) is 0 Å². The molecule has 0 saturated carbocycles. The van der Waals surface area contributed by atoms with Crippen molar-refractivity contribution in [3.8, 4) is 0 Å². The maximum atomic E-state index is 9.06. The van der Waals surface area contributed by atoms with Crippen LogP contribution in [0.3, 0.4) is 0 Å². The molecule has 1 atom stereocenters. The molecule has 0 aromatic heterocycles. The van der Waals surface area contributed by atoms with Crippen LogP contribution in [-0.4, -0.2) is 35.2 Å². The van der Waals surface area contributed by atoms with Gasteiger partial charge in [-0.25, -0.2) is 0 Å². The molecule has 0 aliphatic carbocycles. The molecule has 1 heterocycles. The molecule has 0 bridgehead atoms. The lowest BCUT2D eigenvalue weighted by Gasteiger charge is -2.15. The van der Waals surface area contributed by atoms with Gasteiger partial charge in [-0.3, -0.25) is 4.90 Å². The quantitative estimate of drug-likeness (QED) is 0.715. The second-order valence-corrected chi connectivity index (χ2v) is 4.18. The zero-order valence-corrected chi connectivity index (χ0v) is 8.71. The first kappa shape index (κ1) is 10.7. The van der Waals surface area contributed by atoms with E-state index in [0.29, 0.717) is 0 Å². The van der Waals surface area contributed by atoms with Crippen molar-refractivity contribution in [3.63, 3.8) is 0 Å². The second kappa shape index (κ2) is 4.79. The second-order valence-electron chi connectivity index (χ2n) is 4.18. The van der Waals surface area contributed by atoms with Crippen LogP contribution in [0.2, 0.25) is 5.82 Å². The molecule has 0 radical (unpaired) electrons. The van der Waals surface area contributed by atoms with Crippen LogP contribution in [0.15, 0.2) is 30.3 Å². The van der Waals surface area contributed by atoms with E-state index in [-0.39, 0.29) is 5.82 Å². The highest BCUT2D eigenvalue weighted by Crippen LogP contribution is 2.24. The maximum Gasteiger partial charge on any atom is 0.456 e. The summed E-state index contributed by atoms with van der Waals surface area (Å²) >= 11 is 0. The fourth-order valence-corrected chi connectivity index (χ4v) is 2.09. The summed E-state index contributed by atoms with van der Waals surface area (Å²) in [6.07, 6.45) is 0.879. The van der Waals surface area contributed by atoms with E-state index in [1.807, 2.05) is 18.2 Å². The van der Waals surface area contributed by atoms with Gasteiger partial charge in [0.25, 0.3) is 0 Å². The molecule has 2 N–H and O–H groups in total. The summed E-state index contributed by atoms with van der Waals surface area (Å²) in [7, 11) is -1.16. The van der Waals surface area contributed by atoms with E-state index >= 15 is 0 Å². The molecule has 1 aliphatic rings. The highest BCUT2D eigenvalue weighted by molar-refractivity contribution is 6.43. The lowest BCUT2D eigenvalue weighted by atomic mass is 9.72. The van der Waals surface area contributed by atoms with Crippen LogP contribution in [0.4, 0.5) is 0 Å². The Morgan fingerprint density at radius 3 is 2.60 bits per heavy atom. The van der Waals surface area contributed by atoms with Gasteiger partial charge in [-0.15, -0.1) is 0 Å². The summed E-state index contributed by atoms with van der Waals surface area (Å²) < 4.78 is 0. The molecule has 4 heteroatoms. The smallest absolute Gasteiger partial charge is 0.427 e. The van der Waals surface area contributed by atoms with Crippen molar-refractivity contribution in [2.45, 2.75) is 18.8 Å². The van der Waals surface area contributed by atoms with Crippen LogP contribution in [-0.2, 0) is 6.54 Å². The third kappa shape index (κ3) is 2.81. The molecular weight excluding hydrogens is 189 g/mol. The summed E-state index contributed by atoms with van der Waals surface area (Å²) in [6.45, 7) is 2.65. The van der Waals surface area contributed by atoms with Gasteiger partial charge >= 0.3 is 7.12 Å². The summed E-state index contributed by atoms with van der Waals surface area (Å²) in [4.78, 5) is 2.26. The van der Waals surface area contributed by atoms with Gasteiger partial charge in [-0.05, 0) is 25.1 Å². The minimum Gasteiger partial charge on any atom is -0.427 e. The number of likely N-dealkylation sites (tertiary alicyclic amines) is 1. The lowest BCUT2D eigenvalue weighted by Crippen LogP contribution is -2.25. The van der Waals surface area contributed by atoms with Crippen LogP contribution < -0.4 is 0 Å². The molecule has 1 saturated heterocycles. The Balaban J connectivity index is 1.88. The monoisotopic (exact) mass is 205 g/mol. The van der Waals surface area contributed by atoms with Crippen molar-refractivity contribution in [1.82, 2.24) is 4.90 Å². The fourth-order valence-electron chi connectivity index (χ4n) is 2.09. The average Bonchev–Trinajstić information content (AvgIpc) is 2.68. The van der Waals surface area contributed by atoms with Gasteiger partial charge in [0.2, 0.25) is 0 Å². The summed E-state index contributed by atoms with van der Waals surface area (Å²) in [6, 6.07) is 10.3. The van der Waals surface area contributed by atoms with Crippen LogP contribution in [0.25, 0.3) is 0 Å². The first-order chi connectivity index (χ1) is 7.25. The van der Waals surface area contributed by atoms with Crippen LogP contribution >= 0.6 is 0 Å². The van der Waals surface area contributed by atoms with E-state index in [2.05, 4.69) is 17.0 Å². The Kier molecular flexibility index (Phi) is 3.41.